The molecule has 0 radical (unpaired) electrons. The summed E-state index contributed by atoms with van der Waals surface area (Å²) in [7, 11) is 0. The maximum atomic E-state index is 5.63. The molecule has 1 saturated heterocycles. The molecule has 0 saturated carbocycles. The fourth-order valence-electron chi connectivity index (χ4n) is 3.02. The highest BCUT2D eigenvalue weighted by atomic mass is 16.6. The Balaban J connectivity index is 1.57. The molecule has 2 aliphatic heterocycles. The third-order valence-electron chi connectivity index (χ3n) is 4.15. The average Bonchev–Trinajstić information content (AvgIpc) is 2.45. The summed E-state index contributed by atoms with van der Waals surface area (Å²) in [6.45, 7) is 4.86. The number of ether oxygens (including phenoxy) is 2. The number of piperidine rings is 1. The maximum absolute atomic E-state index is 5.63. The Morgan fingerprint density at radius 3 is 2.89 bits per heavy atom. The Morgan fingerprint density at radius 2 is 2.05 bits per heavy atom. The van der Waals surface area contributed by atoms with Gasteiger partial charge in [0.25, 0.3) is 0 Å². The van der Waals surface area contributed by atoms with E-state index in [1.807, 2.05) is 6.07 Å². The Bertz CT molecular complexity index is 433. The number of rotatable bonds is 3. The molecule has 3 rings (SSSR count). The minimum absolute atomic E-state index is 0.663. The standard InChI is InChI=1S/C16H23NO2/c1-12-6-7-17-14(10-12)4-2-13-3-5-15-16(11-13)19-9-8-18-15/h3,5,11-12,14,17H,2,4,6-10H2,1H3. The number of hydrogen-bond donors (Lipinski definition) is 1. The van der Waals surface area contributed by atoms with E-state index in [4.69, 9.17) is 9.47 Å². The van der Waals surface area contributed by atoms with Gasteiger partial charge in [0.05, 0.1) is 0 Å². The first-order valence-corrected chi connectivity index (χ1v) is 7.43. The molecule has 2 unspecified atom stereocenters. The molecule has 3 nitrogen and oxygen atoms in total. The van der Waals surface area contributed by atoms with Crippen LogP contribution in [0.4, 0.5) is 0 Å². The summed E-state index contributed by atoms with van der Waals surface area (Å²) >= 11 is 0. The molecule has 1 aromatic rings. The minimum Gasteiger partial charge on any atom is -0.486 e. The first-order valence-electron chi connectivity index (χ1n) is 7.43. The number of aryl methyl sites for hydroxylation is 1. The molecule has 2 heterocycles. The molecular formula is C16H23NO2. The average molecular weight is 261 g/mol. The van der Waals surface area contributed by atoms with E-state index < -0.39 is 0 Å². The van der Waals surface area contributed by atoms with Crippen LogP contribution in [-0.2, 0) is 6.42 Å². The fourth-order valence-corrected chi connectivity index (χ4v) is 3.02. The lowest BCUT2D eigenvalue weighted by molar-refractivity contribution is 0.171. The molecule has 0 aliphatic carbocycles. The van der Waals surface area contributed by atoms with Crippen LogP contribution >= 0.6 is 0 Å². The van der Waals surface area contributed by atoms with Gasteiger partial charge in [-0.1, -0.05) is 13.0 Å². The van der Waals surface area contributed by atoms with Crippen LogP contribution in [-0.4, -0.2) is 25.8 Å². The van der Waals surface area contributed by atoms with Crippen molar-refractivity contribution in [2.75, 3.05) is 19.8 Å². The van der Waals surface area contributed by atoms with Crippen molar-refractivity contribution in [3.8, 4) is 11.5 Å². The smallest absolute Gasteiger partial charge is 0.161 e. The monoisotopic (exact) mass is 261 g/mol. The predicted molar refractivity (Wildman–Crippen MR) is 75.9 cm³/mol. The Kier molecular flexibility index (Phi) is 3.92. The number of benzene rings is 1. The third kappa shape index (κ3) is 3.21. The van der Waals surface area contributed by atoms with Gasteiger partial charge >= 0.3 is 0 Å². The fraction of sp³-hybridized carbons (Fsp3) is 0.625. The molecule has 0 amide bonds. The largest absolute Gasteiger partial charge is 0.486 e. The number of hydrogen-bond acceptors (Lipinski definition) is 3. The van der Waals surface area contributed by atoms with Crippen molar-refractivity contribution >= 4 is 0 Å². The van der Waals surface area contributed by atoms with E-state index in [2.05, 4.69) is 24.4 Å². The molecular weight excluding hydrogens is 238 g/mol. The minimum atomic E-state index is 0.663. The lowest BCUT2D eigenvalue weighted by Gasteiger charge is -2.28. The second kappa shape index (κ2) is 5.83. The van der Waals surface area contributed by atoms with Gasteiger partial charge in [0.1, 0.15) is 13.2 Å². The topological polar surface area (TPSA) is 30.5 Å². The number of fused-ring (bicyclic) bond motifs is 1. The van der Waals surface area contributed by atoms with E-state index >= 15 is 0 Å². The second-order valence-electron chi connectivity index (χ2n) is 5.80. The van der Waals surface area contributed by atoms with Crippen molar-refractivity contribution < 1.29 is 9.47 Å². The first-order chi connectivity index (χ1) is 9.31. The summed E-state index contributed by atoms with van der Waals surface area (Å²) in [5, 5.41) is 3.63. The molecule has 2 atom stereocenters. The van der Waals surface area contributed by atoms with Crippen LogP contribution in [0, 0.1) is 5.92 Å². The van der Waals surface area contributed by atoms with Crippen molar-refractivity contribution in [2.24, 2.45) is 5.92 Å². The summed E-state index contributed by atoms with van der Waals surface area (Å²) in [6, 6.07) is 7.03. The Labute approximate surface area is 115 Å². The van der Waals surface area contributed by atoms with Gasteiger partial charge in [0.2, 0.25) is 0 Å². The van der Waals surface area contributed by atoms with E-state index in [1.165, 1.54) is 31.4 Å². The van der Waals surface area contributed by atoms with Crippen molar-refractivity contribution in [1.29, 1.82) is 0 Å². The summed E-state index contributed by atoms with van der Waals surface area (Å²) in [5.41, 5.74) is 1.35. The highest BCUT2D eigenvalue weighted by Crippen LogP contribution is 2.31. The van der Waals surface area contributed by atoms with Crippen LogP contribution in [0.2, 0.25) is 0 Å². The maximum Gasteiger partial charge on any atom is 0.161 e. The molecule has 3 heteroatoms. The van der Waals surface area contributed by atoms with Crippen molar-refractivity contribution in [1.82, 2.24) is 5.32 Å². The second-order valence-corrected chi connectivity index (χ2v) is 5.80. The Hall–Kier alpha value is -1.22. The summed E-state index contributed by atoms with van der Waals surface area (Å²) in [4.78, 5) is 0. The van der Waals surface area contributed by atoms with Gasteiger partial charge in [-0.3, -0.25) is 0 Å². The van der Waals surface area contributed by atoms with Crippen molar-refractivity contribution in [2.45, 2.75) is 38.6 Å². The van der Waals surface area contributed by atoms with E-state index in [1.54, 1.807) is 0 Å². The SMILES string of the molecule is CC1CCNC(CCc2ccc3c(c2)OCCO3)C1. The Morgan fingerprint density at radius 1 is 1.21 bits per heavy atom. The summed E-state index contributed by atoms with van der Waals surface area (Å²) in [6.07, 6.45) is 4.95. The normalized spacial score (nSPS) is 26.2. The molecule has 2 aliphatic rings. The molecule has 1 aromatic carbocycles. The van der Waals surface area contributed by atoms with Crippen LogP contribution < -0.4 is 14.8 Å². The van der Waals surface area contributed by atoms with Crippen molar-refractivity contribution in [3.63, 3.8) is 0 Å². The molecule has 104 valence electrons. The van der Waals surface area contributed by atoms with Gasteiger partial charge in [0, 0.05) is 6.04 Å². The third-order valence-corrected chi connectivity index (χ3v) is 4.15. The number of nitrogens with one attached hydrogen (secondary N) is 1. The van der Waals surface area contributed by atoms with Crippen LogP contribution in [0.1, 0.15) is 31.7 Å². The summed E-state index contributed by atoms with van der Waals surface area (Å²) < 4.78 is 11.2. The van der Waals surface area contributed by atoms with Crippen LogP contribution in [0.3, 0.4) is 0 Å². The van der Waals surface area contributed by atoms with E-state index in [9.17, 15) is 0 Å². The zero-order chi connectivity index (χ0) is 13.1. The van der Waals surface area contributed by atoms with Gasteiger partial charge < -0.3 is 14.8 Å². The highest BCUT2D eigenvalue weighted by molar-refractivity contribution is 5.43. The lowest BCUT2D eigenvalue weighted by Crippen LogP contribution is -2.37. The van der Waals surface area contributed by atoms with Crippen LogP contribution in [0.25, 0.3) is 0 Å². The van der Waals surface area contributed by atoms with Gasteiger partial charge in [-0.2, -0.15) is 0 Å². The van der Waals surface area contributed by atoms with Crippen molar-refractivity contribution in [3.05, 3.63) is 23.8 Å². The quantitative estimate of drug-likeness (QED) is 0.907. The highest BCUT2D eigenvalue weighted by Gasteiger charge is 2.18. The van der Waals surface area contributed by atoms with Gasteiger partial charge in [-0.15, -0.1) is 0 Å². The van der Waals surface area contributed by atoms with Gasteiger partial charge in [-0.05, 0) is 55.8 Å². The lowest BCUT2D eigenvalue weighted by atomic mass is 9.91. The molecule has 0 bridgehead atoms. The summed E-state index contributed by atoms with van der Waals surface area (Å²) in [5.74, 6) is 2.67. The van der Waals surface area contributed by atoms with Crippen LogP contribution in [0.5, 0.6) is 11.5 Å². The zero-order valence-corrected chi connectivity index (χ0v) is 11.7. The van der Waals surface area contributed by atoms with Crippen LogP contribution in [0.15, 0.2) is 18.2 Å². The van der Waals surface area contributed by atoms with Gasteiger partial charge in [-0.25, -0.2) is 0 Å². The molecule has 1 N–H and O–H groups in total. The first kappa shape index (κ1) is 12.8. The molecule has 0 aromatic heterocycles. The zero-order valence-electron chi connectivity index (χ0n) is 11.7. The van der Waals surface area contributed by atoms with E-state index in [-0.39, 0.29) is 0 Å². The molecule has 1 fully saturated rings. The van der Waals surface area contributed by atoms with E-state index in [0.29, 0.717) is 19.3 Å². The predicted octanol–water partition coefficient (Wildman–Crippen LogP) is 2.78. The molecule has 19 heavy (non-hydrogen) atoms. The molecule has 0 spiro atoms. The van der Waals surface area contributed by atoms with E-state index in [0.717, 1.165) is 23.8 Å². The van der Waals surface area contributed by atoms with Gasteiger partial charge in [0.15, 0.2) is 11.5 Å².